The number of aliphatic imine (C=N–C) groups is 1. The molecule has 0 saturated heterocycles. The number of unbranched alkanes of at least 4 members (excludes halogenated alkanes) is 1. The zero-order valence-corrected chi connectivity index (χ0v) is 18.2. The number of fused-ring (bicyclic) bond motifs is 1. The molecule has 0 bridgehead atoms. The van der Waals surface area contributed by atoms with E-state index in [1.807, 2.05) is 11.6 Å². The number of H-pyrrole nitrogens is 1. The average molecular weight is 481 g/mol. The van der Waals surface area contributed by atoms with Crippen LogP contribution in [0.2, 0.25) is 0 Å². The van der Waals surface area contributed by atoms with Gasteiger partial charge in [-0.05, 0) is 37.3 Å². The molecule has 0 amide bonds. The first-order valence-electron chi connectivity index (χ1n) is 9.10. The lowest BCUT2D eigenvalue weighted by Crippen LogP contribution is -2.38. The largest absolute Gasteiger partial charge is 0.361 e. The minimum absolute atomic E-state index is 0. The molecule has 1 aromatic carbocycles. The predicted octanol–water partition coefficient (Wildman–Crippen LogP) is 2.87. The number of nitrogens with zero attached hydrogens (tertiary/aromatic N) is 4. The maximum Gasteiger partial charge on any atom is 0.190 e. The van der Waals surface area contributed by atoms with Crippen LogP contribution in [0.15, 0.2) is 42.0 Å². The monoisotopic (exact) mass is 481 g/mol. The van der Waals surface area contributed by atoms with Crippen LogP contribution in [0.25, 0.3) is 10.9 Å². The Morgan fingerprint density at radius 3 is 2.70 bits per heavy atom. The van der Waals surface area contributed by atoms with Gasteiger partial charge in [0.2, 0.25) is 0 Å². The number of rotatable bonds is 8. The van der Waals surface area contributed by atoms with E-state index in [1.165, 1.54) is 22.0 Å². The second kappa shape index (κ2) is 10.9. The van der Waals surface area contributed by atoms with E-state index in [9.17, 15) is 0 Å². The van der Waals surface area contributed by atoms with Gasteiger partial charge in [-0.1, -0.05) is 18.2 Å². The van der Waals surface area contributed by atoms with Gasteiger partial charge in [0, 0.05) is 43.8 Å². The first kappa shape index (κ1) is 21.2. The molecular weight excluding hydrogens is 453 g/mol. The number of guanidine groups is 1. The summed E-state index contributed by atoms with van der Waals surface area (Å²) >= 11 is 0. The third-order valence-electron chi connectivity index (χ3n) is 4.52. The summed E-state index contributed by atoms with van der Waals surface area (Å²) in [5.41, 5.74) is 3.85. The standard InChI is InChI=1S/C19H27N7.HI/c1-15-6-5-7-17-16(12-23-18(15)17)8-10-22-19(20-2)21-9-3-4-11-26-13-24-25-14-26;/h5-7,12-14,23H,3-4,8-11H2,1-2H3,(H2,20,21,22);1H. The third-order valence-corrected chi connectivity index (χ3v) is 4.52. The van der Waals surface area contributed by atoms with Gasteiger partial charge in [0.15, 0.2) is 5.96 Å². The quantitative estimate of drug-likeness (QED) is 0.200. The molecule has 146 valence electrons. The van der Waals surface area contributed by atoms with Crippen molar-refractivity contribution in [3.63, 3.8) is 0 Å². The van der Waals surface area contributed by atoms with Crippen LogP contribution < -0.4 is 10.6 Å². The highest BCUT2D eigenvalue weighted by atomic mass is 127. The molecule has 0 radical (unpaired) electrons. The first-order valence-corrected chi connectivity index (χ1v) is 9.10. The van der Waals surface area contributed by atoms with Gasteiger partial charge in [-0.15, -0.1) is 34.2 Å². The lowest BCUT2D eigenvalue weighted by atomic mass is 10.1. The van der Waals surface area contributed by atoms with Crippen molar-refractivity contribution in [2.75, 3.05) is 20.1 Å². The van der Waals surface area contributed by atoms with Crippen molar-refractivity contribution in [1.82, 2.24) is 30.4 Å². The number of aromatic amines is 1. The molecule has 3 rings (SSSR count). The van der Waals surface area contributed by atoms with Crippen LogP contribution in [0.5, 0.6) is 0 Å². The van der Waals surface area contributed by atoms with Crippen LogP contribution in [0.1, 0.15) is 24.0 Å². The van der Waals surface area contributed by atoms with Crippen LogP contribution in [-0.4, -0.2) is 45.8 Å². The van der Waals surface area contributed by atoms with E-state index >= 15 is 0 Å². The minimum atomic E-state index is 0. The van der Waals surface area contributed by atoms with E-state index in [-0.39, 0.29) is 24.0 Å². The topological polar surface area (TPSA) is 82.9 Å². The number of aryl methyl sites for hydroxylation is 2. The SMILES string of the molecule is CN=C(NCCCCn1cnnc1)NCCc1c[nH]c2c(C)cccc12.I. The Balaban J connectivity index is 0.00000261. The number of para-hydroxylation sites is 1. The molecule has 3 N–H and O–H groups in total. The van der Waals surface area contributed by atoms with Crippen LogP contribution >= 0.6 is 24.0 Å². The van der Waals surface area contributed by atoms with Gasteiger partial charge in [0.05, 0.1) is 0 Å². The maximum absolute atomic E-state index is 4.29. The van der Waals surface area contributed by atoms with E-state index < -0.39 is 0 Å². The predicted molar refractivity (Wildman–Crippen MR) is 121 cm³/mol. The van der Waals surface area contributed by atoms with E-state index in [0.29, 0.717) is 0 Å². The third kappa shape index (κ3) is 5.95. The van der Waals surface area contributed by atoms with Crippen molar-refractivity contribution in [3.8, 4) is 0 Å². The van der Waals surface area contributed by atoms with Gasteiger partial charge in [-0.2, -0.15) is 0 Å². The highest BCUT2D eigenvalue weighted by Crippen LogP contribution is 2.21. The summed E-state index contributed by atoms with van der Waals surface area (Å²) < 4.78 is 2.00. The first-order chi connectivity index (χ1) is 12.8. The number of benzene rings is 1. The van der Waals surface area contributed by atoms with E-state index in [4.69, 9.17) is 0 Å². The van der Waals surface area contributed by atoms with Gasteiger partial charge in [-0.25, -0.2) is 0 Å². The summed E-state index contributed by atoms with van der Waals surface area (Å²) in [5, 5.41) is 15.7. The summed E-state index contributed by atoms with van der Waals surface area (Å²) in [5.74, 6) is 0.852. The smallest absolute Gasteiger partial charge is 0.190 e. The van der Waals surface area contributed by atoms with Gasteiger partial charge < -0.3 is 20.2 Å². The van der Waals surface area contributed by atoms with Crippen LogP contribution in [0.4, 0.5) is 0 Å². The molecule has 8 heteroatoms. The summed E-state index contributed by atoms with van der Waals surface area (Å²) in [7, 11) is 1.81. The molecule has 0 saturated carbocycles. The zero-order chi connectivity index (χ0) is 18.2. The van der Waals surface area contributed by atoms with Gasteiger partial charge in [-0.3, -0.25) is 4.99 Å². The molecule has 2 heterocycles. The summed E-state index contributed by atoms with van der Waals surface area (Å²) in [4.78, 5) is 7.68. The fourth-order valence-corrected chi connectivity index (χ4v) is 3.07. The summed E-state index contributed by atoms with van der Waals surface area (Å²) in [6.07, 6.45) is 8.72. The highest BCUT2D eigenvalue weighted by molar-refractivity contribution is 14.0. The second-order valence-corrected chi connectivity index (χ2v) is 6.39. The lowest BCUT2D eigenvalue weighted by molar-refractivity contribution is 0.597. The van der Waals surface area contributed by atoms with E-state index in [2.05, 4.69) is 62.1 Å². The fourth-order valence-electron chi connectivity index (χ4n) is 3.07. The Labute approximate surface area is 177 Å². The molecule has 0 fully saturated rings. The maximum atomic E-state index is 4.29. The lowest BCUT2D eigenvalue weighted by Gasteiger charge is -2.11. The molecule has 7 nitrogen and oxygen atoms in total. The van der Waals surface area contributed by atoms with Gasteiger partial charge in [0.1, 0.15) is 12.7 Å². The number of hydrogen-bond donors (Lipinski definition) is 3. The Morgan fingerprint density at radius 1 is 1.15 bits per heavy atom. The summed E-state index contributed by atoms with van der Waals surface area (Å²) in [6.45, 7) is 4.83. The zero-order valence-electron chi connectivity index (χ0n) is 15.9. The molecule has 0 atom stereocenters. The van der Waals surface area contributed by atoms with Gasteiger partial charge in [0.25, 0.3) is 0 Å². The number of halogens is 1. The average Bonchev–Trinajstić information content (AvgIpc) is 3.31. The van der Waals surface area contributed by atoms with E-state index in [1.54, 1.807) is 12.7 Å². The molecule has 0 spiro atoms. The number of aromatic nitrogens is 4. The molecular formula is C19H28IN7. The minimum Gasteiger partial charge on any atom is -0.361 e. The van der Waals surface area contributed by atoms with Crippen molar-refractivity contribution in [1.29, 1.82) is 0 Å². The molecule has 0 aliphatic carbocycles. The van der Waals surface area contributed by atoms with Crippen molar-refractivity contribution in [3.05, 3.63) is 48.2 Å². The Hall–Kier alpha value is -2.10. The van der Waals surface area contributed by atoms with Crippen LogP contribution in [0.3, 0.4) is 0 Å². The number of nitrogens with one attached hydrogen (secondary N) is 3. The molecule has 3 aromatic rings. The van der Waals surface area contributed by atoms with Crippen molar-refractivity contribution < 1.29 is 0 Å². The highest BCUT2D eigenvalue weighted by Gasteiger charge is 2.05. The van der Waals surface area contributed by atoms with Crippen LogP contribution in [-0.2, 0) is 13.0 Å². The van der Waals surface area contributed by atoms with Gasteiger partial charge >= 0.3 is 0 Å². The molecule has 2 aromatic heterocycles. The Morgan fingerprint density at radius 2 is 1.93 bits per heavy atom. The van der Waals surface area contributed by atoms with E-state index in [0.717, 1.165) is 44.9 Å². The normalized spacial score (nSPS) is 11.4. The van der Waals surface area contributed by atoms with Crippen molar-refractivity contribution in [2.45, 2.75) is 32.7 Å². The van der Waals surface area contributed by atoms with Crippen molar-refractivity contribution in [2.24, 2.45) is 4.99 Å². The fraction of sp³-hybridized carbons (Fsp3) is 0.421. The second-order valence-electron chi connectivity index (χ2n) is 6.39. The number of hydrogen-bond acceptors (Lipinski definition) is 3. The summed E-state index contributed by atoms with van der Waals surface area (Å²) in [6, 6.07) is 6.43. The van der Waals surface area contributed by atoms with Crippen molar-refractivity contribution >= 4 is 40.8 Å². The molecule has 0 unspecified atom stereocenters. The molecule has 27 heavy (non-hydrogen) atoms. The Kier molecular flexibility index (Phi) is 8.56. The van der Waals surface area contributed by atoms with Crippen LogP contribution in [0, 0.1) is 6.92 Å². The molecule has 0 aliphatic rings. The Bertz CT molecular complexity index is 839. The molecule has 0 aliphatic heterocycles.